The summed E-state index contributed by atoms with van der Waals surface area (Å²) >= 11 is 0. The van der Waals surface area contributed by atoms with Crippen molar-refractivity contribution < 1.29 is 8.42 Å². The molecule has 0 aromatic carbocycles. The Morgan fingerprint density at radius 3 is 2.44 bits per heavy atom. The molecular formula is C11H20N2O2S. The van der Waals surface area contributed by atoms with Crippen molar-refractivity contribution >= 4 is 10.0 Å². The molecule has 1 aliphatic carbocycles. The minimum atomic E-state index is -3.18. The Labute approximate surface area is 98.3 Å². The molecule has 0 aromatic heterocycles. The van der Waals surface area contributed by atoms with Crippen molar-refractivity contribution in [3.05, 3.63) is 0 Å². The fourth-order valence-electron chi connectivity index (χ4n) is 2.15. The van der Waals surface area contributed by atoms with Crippen molar-refractivity contribution in [3.63, 3.8) is 0 Å². The lowest BCUT2D eigenvalue weighted by Gasteiger charge is -2.27. The van der Waals surface area contributed by atoms with Crippen LogP contribution in [0.2, 0.25) is 0 Å². The molecule has 1 fully saturated rings. The molecule has 0 N–H and O–H groups in total. The maximum atomic E-state index is 12.2. The van der Waals surface area contributed by atoms with E-state index in [9.17, 15) is 8.42 Å². The van der Waals surface area contributed by atoms with Gasteiger partial charge in [0.25, 0.3) is 0 Å². The number of hydrogen-bond acceptors (Lipinski definition) is 3. The van der Waals surface area contributed by atoms with Crippen LogP contribution in [0.4, 0.5) is 0 Å². The van der Waals surface area contributed by atoms with Crippen molar-refractivity contribution in [2.45, 2.75) is 44.3 Å². The van der Waals surface area contributed by atoms with Gasteiger partial charge in [0.2, 0.25) is 10.0 Å². The number of hydrogen-bond donors (Lipinski definition) is 0. The SMILES string of the molecule is CC(C#N)CN(C)S(=O)(=O)C1CCCCC1. The second-order valence-electron chi connectivity index (χ2n) is 4.62. The van der Waals surface area contributed by atoms with E-state index in [1.807, 2.05) is 0 Å². The van der Waals surface area contributed by atoms with E-state index in [2.05, 4.69) is 6.07 Å². The molecule has 16 heavy (non-hydrogen) atoms. The Kier molecular flexibility index (Phi) is 4.75. The zero-order chi connectivity index (χ0) is 12.2. The summed E-state index contributed by atoms with van der Waals surface area (Å²) in [5.74, 6) is -0.247. The maximum absolute atomic E-state index is 12.2. The molecule has 0 aliphatic heterocycles. The van der Waals surface area contributed by atoms with Gasteiger partial charge in [0.15, 0.2) is 0 Å². The van der Waals surface area contributed by atoms with E-state index in [1.54, 1.807) is 14.0 Å². The van der Waals surface area contributed by atoms with Crippen LogP contribution in [0.5, 0.6) is 0 Å². The van der Waals surface area contributed by atoms with E-state index in [4.69, 9.17) is 5.26 Å². The summed E-state index contributed by atoms with van der Waals surface area (Å²) in [6.07, 6.45) is 4.70. The van der Waals surface area contributed by atoms with E-state index >= 15 is 0 Å². The summed E-state index contributed by atoms with van der Waals surface area (Å²) in [5, 5.41) is 8.46. The molecule has 0 radical (unpaired) electrons. The van der Waals surface area contributed by atoms with E-state index in [1.165, 1.54) is 4.31 Å². The second kappa shape index (κ2) is 5.65. The highest BCUT2D eigenvalue weighted by Gasteiger charge is 2.31. The van der Waals surface area contributed by atoms with Crippen LogP contribution < -0.4 is 0 Å². The molecule has 0 aromatic rings. The third-order valence-corrected chi connectivity index (χ3v) is 5.49. The van der Waals surface area contributed by atoms with Gasteiger partial charge in [0, 0.05) is 13.6 Å². The molecule has 5 heteroatoms. The lowest BCUT2D eigenvalue weighted by atomic mass is 10.0. The number of sulfonamides is 1. The minimum absolute atomic E-state index is 0.225. The zero-order valence-corrected chi connectivity index (χ0v) is 10.8. The molecule has 1 unspecified atom stereocenters. The van der Waals surface area contributed by atoms with Gasteiger partial charge < -0.3 is 0 Å². The minimum Gasteiger partial charge on any atom is -0.212 e. The number of nitrogens with zero attached hydrogens (tertiary/aromatic N) is 2. The maximum Gasteiger partial charge on any atom is 0.216 e. The predicted molar refractivity (Wildman–Crippen MR) is 63.2 cm³/mol. The molecule has 0 bridgehead atoms. The van der Waals surface area contributed by atoms with Gasteiger partial charge in [-0.05, 0) is 19.8 Å². The van der Waals surface area contributed by atoms with Gasteiger partial charge >= 0.3 is 0 Å². The van der Waals surface area contributed by atoms with Crippen LogP contribution >= 0.6 is 0 Å². The molecule has 0 saturated heterocycles. The summed E-state index contributed by atoms with van der Waals surface area (Å²) in [7, 11) is -1.60. The Balaban J connectivity index is 2.65. The van der Waals surface area contributed by atoms with E-state index in [0.717, 1.165) is 32.1 Å². The van der Waals surface area contributed by atoms with E-state index in [-0.39, 0.29) is 11.2 Å². The molecule has 1 atom stereocenters. The molecule has 92 valence electrons. The van der Waals surface area contributed by atoms with Gasteiger partial charge in [-0.2, -0.15) is 5.26 Å². The highest BCUT2D eigenvalue weighted by atomic mass is 32.2. The molecule has 1 saturated carbocycles. The lowest BCUT2D eigenvalue weighted by molar-refractivity contribution is 0.408. The summed E-state index contributed by atoms with van der Waals surface area (Å²) in [6.45, 7) is 2.04. The lowest BCUT2D eigenvalue weighted by Crippen LogP contribution is -2.39. The summed E-state index contributed by atoms with van der Waals surface area (Å²) < 4.78 is 25.7. The molecular weight excluding hydrogens is 224 g/mol. The third kappa shape index (κ3) is 3.19. The highest BCUT2D eigenvalue weighted by molar-refractivity contribution is 7.89. The van der Waals surface area contributed by atoms with Crippen LogP contribution in [0, 0.1) is 17.2 Å². The standard InChI is InChI=1S/C11H20N2O2S/c1-10(8-12)9-13(2)16(14,15)11-6-4-3-5-7-11/h10-11H,3-7,9H2,1-2H3. The van der Waals surface area contributed by atoms with Gasteiger partial charge in [-0.25, -0.2) is 12.7 Å². The third-order valence-electron chi connectivity index (χ3n) is 3.16. The first-order chi connectivity index (χ1) is 7.48. The van der Waals surface area contributed by atoms with Crippen molar-refractivity contribution in [2.24, 2.45) is 5.92 Å². The van der Waals surface area contributed by atoms with Crippen LogP contribution in [0.15, 0.2) is 0 Å². The van der Waals surface area contributed by atoms with Gasteiger partial charge in [-0.15, -0.1) is 0 Å². The van der Waals surface area contributed by atoms with Crippen LogP contribution in [0.3, 0.4) is 0 Å². The van der Waals surface area contributed by atoms with E-state index in [0.29, 0.717) is 6.54 Å². The van der Waals surface area contributed by atoms with Crippen molar-refractivity contribution in [1.29, 1.82) is 5.26 Å². The second-order valence-corrected chi connectivity index (χ2v) is 6.94. The molecule has 1 rings (SSSR count). The fourth-order valence-corrected chi connectivity index (χ4v) is 4.02. The monoisotopic (exact) mass is 244 g/mol. The van der Waals surface area contributed by atoms with Gasteiger partial charge in [-0.1, -0.05) is 19.3 Å². The largest absolute Gasteiger partial charge is 0.216 e. The number of rotatable bonds is 4. The average molecular weight is 244 g/mol. The zero-order valence-electron chi connectivity index (χ0n) is 10.0. The van der Waals surface area contributed by atoms with Crippen LogP contribution in [0.25, 0.3) is 0 Å². The Bertz CT molecular complexity index is 353. The average Bonchev–Trinajstić information content (AvgIpc) is 2.29. The Hall–Kier alpha value is -0.600. The highest BCUT2D eigenvalue weighted by Crippen LogP contribution is 2.25. The molecule has 0 heterocycles. The number of nitriles is 1. The Morgan fingerprint density at radius 2 is 1.94 bits per heavy atom. The fraction of sp³-hybridized carbons (Fsp3) is 0.909. The van der Waals surface area contributed by atoms with Crippen LogP contribution in [0.1, 0.15) is 39.0 Å². The van der Waals surface area contributed by atoms with E-state index < -0.39 is 10.0 Å². The topological polar surface area (TPSA) is 61.2 Å². The summed E-state index contributed by atoms with van der Waals surface area (Å²) in [4.78, 5) is 0. The quantitative estimate of drug-likeness (QED) is 0.756. The van der Waals surface area contributed by atoms with Crippen molar-refractivity contribution in [1.82, 2.24) is 4.31 Å². The smallest absolute Gasteiger partial charge is 0.212 e. The Morgan fingerprint density at radius 1 is 1.38 bits per heavy atom. The molecule has 4 nitrogen and oxygen atoms in total. The predicted octanol–water partition coefficient (Wildman–Crippen LogP) is 1.74. The molecule has 0 amide bonds. The van der Waals surface area contributed by atoms with Gasteiger partial charge in [0.1, 0.15) is 0 Å². The van der Waals surface area contributed by atoms with Crippen LogP contribution in [-0.2, 0) is 10.0 Å². The first kappa shape index (κ1) is 13.5. The first-order valence-corrected chi connectivity index (χ1v) is 7.33. The summed E-state index contributed by atoms with van der Waals surface area (Å²) in [6, 6.07) is 2.06. The van der Waals surface area contributed by atoms with Crippen LogP contribution in [-0.4, -0.2) is 31.6 Å². The molecule has 1 aliphatic rings. The first-order valence-electron chi connectivity index (χ1n) is 5.83. The van der Waals surface area contributed by atoms with Gasteiger partial charge in [0.05, 0.1) is 17.2 Å². The normalized spacial score (nSPS) is 20.6. The van der Waals surface area contributed by atoms with Gasteiger partial charge in [-0.3, -0.25) is 0 Å². The van der Waals surface area contributed by atoms with Crippen molar-refractivity contribution in [2.75, 3.05) is 13.6 Å². The molecule has 0 spiro atoms. The summed E-state index contributed by atoms with van der Waals surface area (Å²) in [5.41, 5.74) is 0. The van der Waals surface area contributed by atoms with Crippen molar-refractivity contribution in [3.8, 4) is 6.07 Å².